The van der Waals surface area contributed by atoms with Crippen LogP contribution in [-0.2, 0) is 19.1 Å². The van der Waals surface area contributed by atoms with Crippen molar-refractivity contribution < 1.29 is 38.1 Å². The van der Waals surface area contributed by atoms with Crippen molar-refractivity contribution in [2.45, 2.75) is 89.1 Å². The van der Waals surface area contributed by atoms with E-state index in [9.17, 15) is 19.8 Å². The summed E-state index contributed by atoms with van der Waals surface area (Å²) in [5.41, 5.74) is -6.15. The molecule has 182 valence electrons. The lowest BCUT2D eigenvalue weighted by Gasteiger charge is -2.62. The Morgan fingerprint density at radius 3 is 2.70 bits per heavy atom. The molecule has 5 aliphatic rings. The van der Waals surface area contributed by atoms with Crippen molar-refractivity contribution in [3.8, 4) is 0 Å². The monoisotopic (exact) mass is 466 g/mol. The molecule has 3 fully saturated rings. The van der Waals surface area contributed by atoms with Crippen molar-refractivity contribution in [3.05, 3.63) is 23.6 Å². The average Bonchev–Trinajstić information content (AvgIpc) is 3.24. The third-order valence-corrected chi connectivity index (χ3v) is 9.53. The highest BCUT2D eigenvalue weighted by Crippen LogP contribution is 2.72. The van der Waals surface area contributed by atoms with Gasteiger partial charge in [-0.25, -0.2) is 8.78 Å². The van der Waals surface area contributed by atoms with Gasteiger partial charge in [-0.1, -0.05) is 26.3 Å². The third-order valence-electron chi connectivity index (χ3n) is 9.53. The fourth-order valence-corrected chi connectivity index (χ4v) is 7.98. The number of Topliss-reactive ketones (excluding diaryl/α,β-unsaturated/α-hetero) is 1. The van der Waals surface area contributed by atoms with E-state index in [1.165, 1.54) is 12.2 Å². The van der Waals surface area contributed by atoms with Gasteiger partial charge >= 0.3 is 0 Å². The number of rotatable bonds is 4. The van der Waals surface area contributed by atoms with E-state index in [-0.39, 0.29) is 37.0 Å². The van der Waals surface area contributed by atoms with Crippen LogP contribution in [0.25, 0.3) is 0 Å². The van der Waals surface area contributed by atoms with Gasteiger partial charge in [-0.2, -0.15) is 0 Å². The SMILES string of the molecule is CCC[C@@H]1O[C@@H]2CC3C4CC(F)=C5CC(=O)C=C[C@]5(C)[C@@]4(F)[C@@H](O)C[C@]3(C)[C@]2(C(=O)CO)O1. The Bertz CT molecular complexity index is 963. The van der Waals surface area contributed by atoms with Gasteiger partial charge in [0.15, 0.2) is 29.1 Å². The summed E-state index contributed by atoms with van der Waals surface area (Å²) in [6.45, 7) is 4.54. The Kier molecular flexibility index (Phi) is 5.12. The van der Waals surface area contributed by atoms with E-state index < -0.39 is 70.7 Å². The molecule has 0 aromatic heterocycles. The maximum absolute atomic E-state index is 17.2. The Labute approximate surface area is 192 Å². The van der Waals surface area contributed by atoms with Crippen LogP contribution in [-0.4, -0.2) is 58.2 Å². The predicted molar refractivity (Wildman–Crippen MR) is 113 cm³/mol. The van der Waals surface area contributed by atoms with Crippen molar-refractivity contribution >= 4 is 11.6 Å². The summed E-state index contributed by atoms with van der Waals surface area (Å²) < 4.78 is 45.0. The summed E-state index contributed by atoms with van der Waals surface area (Å²) in [7, 11) is 0. The van der Waals surface area contributed by atoms with Gasteiger partial charge in [0.1, 0.15) is 12.4 Å². The van der Waals surface area contributed by atoms with E-state index in [4.69, 9.17) is 9.47 Å². The fraction of sp³-hybridized carbons (Fsp3) is 0.760. The summed E-state index contributed by atoms with van der Waals surface area (Å²) in [4.78, 5) is 25.2. The molecule has 0 bridgehead atoms. The highest BCUT2D eigenvalue weighted by molar-refractivity contribution is 5.94. The number of aliphatic hydroxyl groups excluding tert-OH is 2. The first-order valence-electron chi connectivity index (χ1n) is 11.9. The minimum absolute atomic E-state index is 0.0958. The van der Waals surface area contributed by atoms with E-state index in [1.807, 2.05) is 6.92 Å². The van der Waals surface area contributed by atoms with Gasteiger partial charge in [0.2, 0.25) is 0 Å². The van der Waals surface area contributed by atoms with Gasteiger partial charge in [0.05, 0.1) is 12.2 Å². The molecule has 1 saturated heterocycles. The van der Waals surface area contributed by atoms with Crippen molar-refractivity contribution in [3.63, 3.8) is 0 Å². The molecule has 2 N–H and O–H groups in total. The molecule has 1 aliphatic heterocycles. The number of ether oxygens (including phenoxy) is 2. The number of carbonyl (C=O) groups excluding carboxylic acids is 2. The zero-order chi connectivity index (χ0) is 24.0. The van der Waals surface area contributed by atoms with Gasteiger partial charge in [-0.05, 0) is 43.8 Å². The van der Waals surface area contributed by atoms with Gasteiger partial charge in [-0.15, -0.1) is 0 Å². The Balaban J connectivity index is 1.63. The Morgan fingerprint density at radius 2 is 2.03 bits per heavy atom. The Hall–Kier alpha value is -1.48. The topological polar surface area (TPSA) is 93.1 Å². The summed E-state index contributed by atoms with van der Waals surface area (Å²) in [6, 6.07) is 0. The molecule has 0 aromatic rings. The molecule has 0 spiro atoms. The van der Waals surface area contributed by atoms with Gasteiger partial charge in [-0.3, -0.25) is 9.59 Å². The van der Waals surface area contributed by atoms with Gasteiger partial charge < -0.3 is 19.7 Å². The van der Waals surface area contributed by atoms with Crippen LogP contribution in [0.4, 0.5) is 8.78 Å². The lowest BCUT2D eigenvalue weighted by Crippen LogP contribution is -2.69. The molecule has 2 unspecified atom stereocenters. The highest BCUT2D eigenvalue weighted by atomic mass is 19.1. The van der Waals surface area contributed by atoms with Crippen LogP contribution in [0, 0.1) is 22.7 Å². The molecule has 9 atom stereocenters. The molecule has 5 rings (SSSR count). The summed E-state index contributed by atoms with van der Waals surface area (Å²) in [5.74, 6) is -2.82. The second-order valence-electron chi connectivity index (χ2n) is 10.9. The molecule has 6 nitrogen and oxygen atoms in total. The average molecular weight is 467 g/mol. The third kappa shape index (κ3) is 2.61. The molecule has 0 amide bonds. The number of allylic oxidation sites excluding steroid dienone is 4. The number of hydrogen-bond donors (Lipinski definition) is 2. The first kappa shape index (κ1) is 23.3. The maximum atomic E-state index is 17.2. The Morgan fingerprint density at radius 1 is 1.30 bits per heavy atom. The molecule has 2 saturated carbocycles. The molecule has 1 heterocycles. The van der Waals surface area contributed by atoms with Crippen molar-refractivity contribution in [2.24, 2.45) is 22.7 Å². The van der Waals surface area contributed by atoms with Gasteiger partial charge in [0.25, 0.3) is 0 Å². The second-order valence-corrected chi connectivity index (χ2v) is 10.9. The molecule has 33 heavy (non-hydrogen) atoms. The standard InChI is InChI=1S/C25H32F2O6/c1-4-5-21-32-20-10-14-15-9-17(26)16-8-13(29)6-7-22(16,2)24(15,27)18(30)11-23(14,3)25(20,33-21)19(31)12-28/h6-7,14-15,18,20-21,28,30H,4-5,8-12H2,1-3H3/t14?,15?,18-,20+,21+,22-,23-,24-,25+/m0/s1. The number of fused-ring (bicyclic) bond motifs is 7. The molecule has 8 heteroatoms. The molecule has 0 radical (unpaired) electrons. The van der Waals surface area contributed by atoms with Crippen molar-refractivity contribution in [2.75, 3.05) is 6.61 Å². The van der Waals surface area contributed by atoms with Crippen LogP contribution in [0.1, 0.15) is 59.3 Å². The smallest absolute Gasteiger partial charge is 0.193 e. The van der Waals surface area contributed by atoms with Crippen LogP contribution in [0.15, 0.2) is 23.6 Å². The zero-order valence-electron chi connectivity index (χ0n) is 19.3. The lowest BCUT2D eigenvalue weighted by molar-refractivity contribution is -0.228. The van der Waals surface area contributed by atoms with Crippen LogP contribution in [0.5, 0.6) is 0 Å². The minimum Gasteiger partial charge on any atom is -0.390 e. The van der Waals surface area contributed by atoms with Crippen LogP contribution < -0.4 is 0 Å². The largest absolute Gasteiger partial charge is 0.390 e. The molecule has 0 aromatic carbocycles. The van der Waals surface area contributed by atoms with E-state index >= 15 is 8.78 Å². The number of hydrogen-bond acceptors (Lipinski definition) is 6. The number of carbonyl (C=O) groups is 2. The predicted octanol–water partition coefficient (Wildman–Crippen LogP) is 3.11. The van der Waals surface area contributed by atoms with Crippen molar-refractivity contribution in [1.29, 1.82) is 0 Å². The van der Waals surface area contributed by atoms with E-state index in [0.29, 0.717) is 6.42 Å². The quantitative estimate of drug-likeness (QED) is 0.662. The number of aliphatic hydroxyl groups is 2. The molecular formula is C25H32F2O6. The second kappa shape index (κ2) is 7.26. The fourth-order valence-electron chi connectivity index (χ4n) is 7.98. The molecule has 4 aliphatic carbocycles. The minimum atomic E-state index is -2.22. The first-order chi connectivity index (χ1) is 15.5. The van der Waals surface area contributed by atoms with Crippen LogP contribution >= 0.6 is 0 Å². The zero-order valence-corrected chi connectivity index (χ0v) is 19.3. The van der Waals surface area contributed by atoms with Crippen molar-refractivity contribution in [1.82, 2.24) is 0 Å². The normalized spacial score (nSPS) is 50.6. The number of halogens is 2. The molecular weight excluding hydrogens is 434 g/mol. The first-order valence-corrected chi connectivity index (χ1v) is 11.9. The van der Waals surface area contributed by atoms with Crippen LogP contribution in [0.3, 0.4) is 0 Å². The van der Waals surface area contributed by atoms with E-state index in [2.05, 4.69) is 0 Å². The highest BCUT2D eigenvalue weighted by Gasteiger charge is 2.79. The number of alkyl halides is 1. The summed E-state index contributed by atoms with van der Waals surface area (Å²) in [5, 5.41) is 21.2. The maximum Gasteiger partial charge on any atom is 0.193 e. The van der Waals surface area contributed by atoms with Crippen LogP contribution in [0.2, 0.25) is 0 Å². The van der Waals surface area contributed by atoms with E-state index in [0.717, 1.165) is 6.42 Å². The summed E-state index contributed by atoms with van der Waals surface area (Å²) in [6.07, 6.45) is 0.879. The van der Waals surface area contributed by atoms with E-state index in [1.54, 1.807) is 13.8 Å². The number of ketones is 2. The summed E-state index contributed by atoms with van der Waals surface area (Å²) >= 11 is 0. The van der Waals surface area contributed by atoms with Gasteiger partial charge in [0, 0.05) is 29.6 Å². The lowest BCUT2D eigenvalue weighted by atomic mass is 9.45.